The zero-order valence-corrected chi connectivity index (χ0v) is 14.3. The largest absolute Gasteiger partial charge is 0.865 e. The Bertz CT molecular complexity index is 745. The van der Waals surface area contributed by atoms with Crippen LogP contribution < -0.4 is 9.84 Å². The second-order valence-corrected chi connectivity index (χ2v) is 5.75. The van der Waals surface area contributed by atoms with Crippen LogP contribution in [0.3, 0.4) is 0 Å². The van der Waals surface area contributed by atoms with Gasteiger partial charge in [0.15, 0.2) is 5.17 Å². The number of carbonyl (C=O) groups is 1. The molecule has 9 heteroatoms. The Morgan fingerprint density at radius 1 is 1.42 bits per heavy atom. The number of likely N-dealkylation sites (N-methyl/N-ethyl adjacent to an activating group) is 1. The second-order valence-electron chi connectivity index (χ2n) is 4.75. The molecule has 1 heterocycles. The van der Waals surface area contributed by atoms with Gasteiger partial charge in [-0.25, -0.2) is 0 Å². The van der Waals surface area contributed by atoms with Crippen molar-refractivity contribution in [3.05, 3.63) is 32.7 Å². The third kappa shape index (κ3) is 3.35. The molecule has 8 nitrogen and oxygen atoms in total. The first-order valence-corrected chi connectivity index (χ1v) is 8.03. The van der Waals surface area contributed by atoms with Crippen LogP contribution in [0.5, 0.6) is 11.5 Å². The molecule has 0 radical (unpaired) electrons. The maximum Gasteiger partial charge on any atom is 0.266 e. The summed E-state index contributed by atoms with van der Waals surface area (Å²) in [5.74, 6) is -1.15. The van der Waals surface area contributed by atoms with E-state index in [1.165, 1.54) is 35.9 Å². The van der Waals surface area contributed by atoms with Gasteiger partial charge in [0, 0.05) is 24.9 Å². The smallest absolute Gasteiger partial charge is 0.266 e. The lowest BCUT2D eigenvalue weighted by atomic mass is 10.1. The van der Waals surface area contributed by atoms with Gasteiger partial charge in [-0.05, 0) is 43.3 Å². The predicted octanol–water partition coefficient (Wildman–Crippen LogP) is 1.99. The predicted molar refractivity (Wildman–Crippen MR) is 90.0 cm³/mol. The molecule has 0 aromatic heterocycles. The third-order valence-corrected chi connectivity index (χ3v) is 4.31. The number of aliphatic imine (C=N–C) groups is 1. The van der Waals surface area contributed by atoms with Gasteiger partial charge in [-0.3, -0.25) is 24.8 Å². The van der Waals surface area contributed by atoms with Crippen LogP contribution in [-0.4, -0.2) is 41.1 Å². The summed E-state index contributed by atoms with van der Waals surface area (Å²) in [6.07, 6.45) is 1.50. The Morgan fingerprint density at radius 2 is 2.12 bits per heavy atom. The molecule has 1 saturated heterocycles. The lowest BCUT2D eigenvalue weighted by Crippen LogP contribution is -2.28. The molecular weight excluding hydrogens is 334 g/mol. The lowest BCUT2D eigenvalue weighted by Gasteiger charge is -2.13. The number of nitro groups is 1. The molecule has 1 fully saturated rings. The van der Waals surface area contributed by atoms with Gasteiger partial charge in [-0.2, -0.15) is 0 Å². The number of amides is 1. The Hall–Kier alpha value is -2.55. The Balaban J connectivity index is 2.48. The van der Waals surface area contributed by atoms with Crippen molar-refractivity contribution in [2.45, 2.75) is 13.8 Å². The fourth-order valence-corrected chi connectivity index (χ4v) is 3.28. The van der Waals surface area contributed by atoms with Crippen LogP contribution >= 0.6 is 11.8 Å². The summed E-state index contributed by atoms with van der Waals surface area (Å²) in [5, 5.41) is 23.4. The first-order chi connectivity index (χ1) is 11.4. The van der Waals surface area contributed by atoms with Crippen LogP contribution in [0.15, 0.2) is 22.0 Å². The van der Waals surface area contributed by atoms with E-state index in [0.717, 1.165) is 6.07 Å². The fraction of sp³-hybridized carbons (Fsp3) is 0.333. The highest BCUT2D eigenvalue weighted by Crippen LogP contribution is 2.37. The van der Waals surface area contributed by atoms with E-state index in [1.54, 1.807) is 0 Å². The summed E-state index contributed by atoms with van der Waals surface area (Å²) in [5.41, 5.74) is -0.241. The maximum atomic E-state index is 12.4. The number of hydrogen-bond acceptors (Lipinski definition) is 7. The average Bonchev–Trinajstić information content (AvgIpc) is 2.84. The first kappa shape index (κ1) is 17.8. The van der Waals surface area contributed by atoms with Gasteiger partial charge >= 0.3 is 0 Å². The molecule has 1 aliphatic heterocycles. The first-order valence-electron chi connectivity index (χ1n) is 7.22. The molecule has 0 aliphatic carbocycles. The molecule has 1 aromatic carbocycles. The summed E-state index contributed by atoms with van der Waals surface area (Å²) in [6, 6.07) is 2.51. The molecule has 0 atom stereocenters. The van der Waals surface area contributed by atoms with E-state index in [-0.39, 0.29) is 11.7 Å². The van der Waals surface area contributed by atoms with Gasteiger partial charge in [0.1, 0.15) is 5.75 Å². The molecule has 2 rings (SSSR count). The van der Waals surface area contributed by atoms with E-state index in [1.807, 2.05) is 13.8 Å². The number of nitro benzene ring substituents is 1. The van der Waals surface area contributed by atoms with Crippen molar-refractivity contribution in [1.82, 2.24) is 4.90 Å². The SMILES string of the molecule is CCN=C1S/C(=C/c2cc(OC)c([O-])c([N+](=O)[O-])c2)C(=O)N1CC. The number of ether oxygens (including phenoxy) is 1. The molecule has 0 N–H and O–H groups in total. The van der Waals surface area contributed by atoms with Crippen molar-refractivity contribution in [1.29, 1.82) is 0 Å². The Kier molecular flexibility index (Phi) is 5.45. The molecular formula is C15H16N3O5S-. The van der Waals surface area contributed by atoms with Gasteiger partial charge in [-0.15, -0.1) is 0 Å². The van der Waals surface area contributed by atoms with E-state index >= 15 is 0 Å². The summed E-state index contributed by atoms with van der Waals surface area (Å²) in [4.78, 5) is 28.8. The normalized spacial score (nSPS) is 17.8. The molecule has 1 aromatic rings. The molecule has 0 saturated carbocycles. The minimum atomic E-state index is -0.793. The summed E-state index contributed by atoms with van der Waals surface area (Å²) >= 11 is 1.20. The van der Waals surface area contributed by atoms with Gasteiger partial charge in [0.2, 0.25) is 0 Å². The van der Waals surface area contributed by atoms with Crippen molar-refractivity contribution in [3.63, 3.8) is 0 Å². The summed E-state index contributed by atoms with van der Waals surface area (Å²) in [6.45, 7) is 4.73. The number of methoxy groups -OCH3 is 1. The van der Waals surface area contributed by atoms with E-state index in [0.29, 0.717) is 28.7 Å². The number of carbonyl (C=O) groups excluding carboxylic acids is 1. The van der Waals surface area contributed by atoms with Crippen LogP contribution in [0.2, 0.25) is 0 Å². The maximum absolute atomic E-state index is 12.4. The van der Waals surface area contributed by atoms with Crippen molar-refractivity contribution in [2.24, 2.45) is 4.99 Å². The zero-order chi connectivity index (χ0) is 17.9. The van der Waals surface area contributed by atoms with E-state index in [9.17, 15) is 20.0 Å². The average molecular weight is 350 g/mol. The highest BCUT2D eigenvalue weighted by molar-refractivity contribution is 8.18. The minimum Gasteiger partial charge on any atom is -0.865 e. The topological polar surface area (TPSA) is 108 Å². The monoisotopic (exact) mass is 350 g/mol. The van der Waals surface area contributed by atoms with Gasteiger partial charge in [0.05, 0.1) is 16.9 Å². The number of thioether (sulfide) groups is 1. The highest BCUT2D eigenvalue weighted by Gasteiger charge is 2.32. The number of amidine groups is 1. The minimum absolute atomic E-state index is 0.138. The van der Waals surface area contributed by atoms with Gasteiger partial charge in [-0.1, -0.05) is 0 Å². The standard InChI is InChI=1S/C15H17N3O5S/c1-4-16-15-17(5-2)14(20)12(24-15)8-9-6-10(18(21)22)13(19)11(7-9)23-3/h6-8,19H,4-5H2,1-3H3/p-1/b12-8+,16-15?. The molecule has 128 valence electrons. The van der Waals surface area contributed by atoms with E-state index < -0.39 is 16.4 Å². The van der Waals surface area contributed by atoms with E-state index in [2.05, 4.69) is 4.99 Å². The molecule has 1 aliphatic rings. The van der Waals surface area contributed by atoms with Gasteiger partial charge < -0.3 is 9.84 Å². The number of hydrogen-bond donors (Lipinski definition) is 0. The van der Waals surface area contributed by atoms with Crippen molar-refractivity contribution in [3.8, 4) is 11.5 Å². The zero-order valence-electron chi connectivity index (χ0n) is 13.4. The quantitative estimate of drug-likeness (QED) is 0.456. The summed E-state index contributed by atoms with van der Waals surface area (Å²) in [7, 11) is 1.26. The highest BCUT2D eigenvalue weighted by atomic mass is 32.2. The second kappa shape index (κ2) is 7.35. The number of benzene rings is 1. The number of rotatable bonds is 5. The van der Waals surface area contributed by atoms with Crippen molar-refractivity contribution < 1.29 is 19.6 Å². The Morgan fingerprint density at radius 3 is 2.67 bits per heavy atom. The molecule has 24 heavy (non-hydrogen) atoms. The van der Waals surface area contributed by atoms with Crippen molar-refractivity contribution >= 4 is 34.6 Å². The Labute approximate surface area is 143 Å². The van der Waals surface area contributed by atoms with Crippen LogP contribution in [0.25, 0.3) is 6.08 Å². The van der Waals surface area contributed by atoms with Crippen LogP contribution in [-0.2, 0) is 4.79 Å². The number of nitrogens with zero attached hydrogens (tertiary/aromatic N) is 3. The van der Waals surface area contributed by atoms with Crippen LogP contribution in [0, 0.1) is 10.1 Å². The van der Waals surface area contributed by atoms with E-state index in [4.69, 9.17) is 4.74 Å². The molecule has 0 unspecified atom stereocenters. The molecule has 0 bridgehead atoms. The van der Waals surface area contributed by atoms with Gasteiger partial charge in [0.25, 0.3) is 11.6 Å². The third-order valence-electron chi connectivity index (χ3n) is 3.27. The fourth-order valence-electron chi connectivity index (χ4n) is 2.17. The van der Waals surface area contributed by atoms with Crippen LogP contribution in [0.4, 0.5) is 5.69 Å². The lowest BCUT2D eigenvalue weighted by molar-refractivity contribution is -0.398. The molecule has 1 amide bonds. The molecule has 0 spiro atoms. The van der Waals surface area contributed by atoms with Crippen molar-refractivity contribution in [2.75, 3.05) is 20.2 Å². The van der Waals surface area contributed by atoms with Crippen LogP contribution in [0.1, 0.15) is 19.4 Å². The summed E-state index contributed by atoms with van der Waals surface area (Å²) < 4.78 is 4.90.